The van der Waals surface area contributed by atoms with Crippen LogP contribution in [0.15, 0.2) is 18.2 Å². The second-order valence-corrected chi connectivity index (χ2v) is 6.20. The third-order valence-corrected chi connectivity index (χ3v) is 4.52. The summed E-state index contributed by atoms with van der Waals surface area (Å²) < 4.78 is 0.700. The lowest BCUT2D eigenvalue weighted by Crippen LogP contribution is -2.22. The van der Waals surface area contributed by atoms with Crippen molar-refractivity contribution in [3.63, 3.8) is 0 Å². The highest BCUT2D eigenvalue weighted by Crippen LogP contribution is 2.29. The molecule has 0 saturated heterocycles. The van der Waals surface area contributed by atoms with Crippen molar-refractivity contribution in [3.8, 4) is 0 Å². The van der Waals surface area contributed by atoms with E-state index < -0.39 is 4.92 Å². The Morgan fingerprint density at radius 1 is 1.45 bits per heavy atom. The molecule has 1 amide bonds. The molecule has 22 heavy (non-hydrogen) atoms. The van der Waals surface area contributed by atoms with Gasteiger partial charge in [-0.3, -0.25) is 14.9 Å². The third kappa shape index (κ3) is 3.79. The zero-order chi connectivity index (χ0) is 16.1. The van der Waals surface area contributed by atoms with E-state index in [2.05, 4.69) is 17.2 Å². The smallest absolute Gasteiger partial charge is 0.270 e. The molecule has 1 N–H and O–H groups in total. The third-order valence-electron chi connectivity index (χ3n) is 3.58. The van der Waals surface area contributed by atoms with Gasteiger partial charge in [0.25, 0.3) is 5.69 Å². The Hall–Kier alpha value is -2.02. The van der Waals surface area contributed by atoms with E-state index >= 15 is 0 Å². The van der Waals surface area contributed by atoms with E-state index in [1.807, 2.05) is 6.92 Å². The molecule has 0 aliphatic rings. The van der Waals surface area contributed by atoms with E-state index in [1.54, 1.807) is 6.07 Å². The quantitative estimate of drug-likeness (QED) is 0.606. The molecule has 2 rings (SSSR count). The molecule has 1 aromatic heterocycles. The van der Waals surface area contributed by atoms with E-state index in [0.717, 1.165) is 25.7 Å². The number of non-ortho nitro benzene ring substituents is 1. The predicted octanol–water partition coefficient (Wildman–Crippen LogP) is 4.36. The van der Waals surface area contributed by atoms with Crippen LogP contribution in [-0.4, -0.2) is 15.8 Å². The van der Waals surface area contributed by atoms with Gasteiger partial charge in [0.05, 0.1) is 15.1 Å². The molecule has 0 unspecified atom stereocenters. The monoisotopic (exact) mass is 321 g/mol. The van der Waals surface area contributed by atoms with Crippen LogP contribution in [0.1, 0.15) is 39.5 Å². The fraction of sp³-hybridized carbons (Fsp3) is 0.467. The molecule has 6 nitrogen and oxygen atoms in total. The minimum Gasteiger partial charge on any atom is -0.302 e. The number of nitro groups is 1. The van der Waals surface area contributed by atoms with Gasteiger partial charge in [-0.15, -0.1) is 0 Å². The van der Waals surface area contributed by atoms with Gasteiger partial charge in [-0.2, -0.15) is 0 Å². The van der Waals surface area contributed by atoms with Gasteiger partial charge < -0.3 is 5.32 Å². The maximum Gasteiger partial charge on any atom is 0.270 e. The molecule has 0 saturated carbocycles. The molecule has 0 aliphatic carbocycles. The summed E-state index contributed by atoms with van der Waals surface area (Å²) in [5.41, 5.74) is 0.691. The minimum atomic E-state index is -0.435. The number of thiazole rings is 1. The summed E-state index contributed by atoms with van der Waals surface area (Å²) in [7, 11) is 0. The number of anilines is 1. The Kier molecular flexibility index (Phi) is 5.43. The van der Waals surface area contributed by atoms with Gasteiger partial charge >= 0.3 is 0 Å². The zero-order valence-electron chi connectivity index (χ0n) is 12.7. The van der Waals surface area contributed by atoms with Gasteiger partial charge in [0.1, 0.15) is 0 Å². The summed E-state index contributed by atoms with van der Waals surface area (Å²) in [6.45, 7) is 4.10. The Morgan fingerprint density at radius 3 is 2.86 bits per heavy atom. The fourth-order valence-electron chi connectivity index (χ4n) is 2.26. The normalized spacial score (nSPS) is 12.3. The Labute approximate surface area is 132 Å². The summed E-state index contributed by atoms with van der Waals surface area (Å²) in [5, 5.41) is 14.1. The van der Waals surface area contributed by atoms with Crippen LogP contribution in [0.3, 0.4) is 0 Å². The van der Waals surface area contributed by atoms with Crippen molar-refractivity contribution in [2.75, 3.05) is 5.32 Å². The van der Waals surface area contributed by atoms with Crippen molar-refractivity contribution in [1.82, 2.24) is 4.98 Å². The highest BCUT2D eigenvalue weighted by molar-refractivity contribution is 7.22. The van der Waals surface area contributed by atoms with Crippen LogP contribution in [0, 0.1) is 16.0 Å². The van der Waals surface area contributed by atoms with Gasteiger partial charge in [0.15, 0.2) is 5.13 Å². The molecule has 1 aromatic carbocycles. The largest absolute Gasteiger partial charge is 0.302 e. The Morgan fingerprint density at radius 2 is 2.23 bits per heavy atom. The first-order chi connectivity index (χ1) is 10.5. The van der Waals surface area contributed by atoms with Crippen LogP contribution in [0.2, 0.25) is 0 Å². The Balaban J connectivity index is 2.13. The van der Waals surface area contributed by atoms with E-state index in [9.17, 15) is 14.9 Å². The minimum absolute atomic E-state index is 0.0127. The fourth-order valence-corrected chi connectivity index (χ4v) is 3.16. The van der Waals surface area contributed by atoms with Gasteiger partial charge in [0, 0.05) is 18.1 Å². The number of nitrogens with one attached hydrogen (secondary N) is 1. The van der Waals surface area contributed by atoms with E-state index in [4.69, 9.17) is 0 Å². The molecule has 0 radical (unpaired) electrons. The lowest BCUT2D eigenvalue weighted by atomic mass is 9.99. The number of hydrogen-bond acceptors (Lipinski definition) is 5. The number of unbranched alkanes of at least 4 members (excludes halogenated alkanes) is 1. The summed E-state index contributed by atoms with van der Waals surface area (Å²) in [4.78, 5) is 26.9. The first-order valence-electron chi connectivity index (χ1n) is 7.41. The van der Waals surface area contributed by atoms with Crippen LogP contribution in [-0.2, 0) is 4.79 Å². The van der Waals surface area contributed by atoms with E-state index in [1.165, 1.54) is 23.5 Å². The predicted molar refractivity (Wildman–Crippen MR) is 88.2 cm³/mol. The van der Waals surface area contributed by atoms with Crippen molar-refractivity contribution in [1.29, 1.82) is 0 Å². The molecule has 0 fully saturated rings. The second-order valence-electron chi connectivity index (χ2n) is 5.16. The number of fused-ring (bicyclic) bond motifs is 1. The number of benzene rings is 1. The van der Waals surface area contributed by atoms with Gasteiger partial charge in [-0.05, 0) is 18.9 Å². The molecule has 2 aromatic rings. The molecule has 1 atom stereocenters. The number of carbonyl (C=O) groups excluding carboxylic acids is 1. The summed E-state index contributed by atoms with van der Waals surface area (Å²) in [6.07, 6.45) is 3.75. The summed E-state index contributed by atoms with van der Waals surface area (Å²) in [5.74, 6) is -0.0363. The lowest BCUT2D eigenvalue weighted by molar-refractivity contribution is -0.384. The number of aromatic nitrogens is 1. The van der Waals surface area contributed by atoms with Crippen molar-refractivity contribution >= 4 is 38.3 Å². The van der Waals surface area contributed by atoms with Gasteiger partial charge in [0.2, 0.25) is 5.91 Å². The average Bonchev–Trinajstić information content (AvgIpc) is 2.89. The molecular formula is C15H19N3O3S. The number of nitro benzene ring substituents is 1. The SMILES string of the molecule is CCCC[C@H](CC)C(=O)Nc1nc2ccc([N+](=O)[O-])cc2s1. The van der Waals surface area contributed by atoms with Crippen LogP contribution < -0.4 is 5.32 Å². The van der Waals surface area contributed by atoms with Crippen LogP contribution >= 0.6 is 11.3 Å². The number of hydrogen-bond donors (Lipinski definition) is 1. The molecule has 0 spiro atoms. The van der Waals surface area contributed by atoms with Crippen LogP contribution in [0.5, 0.6) is 0 Å². The number of nitrogens with zero attached hydrogens (tertiary/aromatic N) is 2. The van der Waals surface area contributed by atoms with E-state index in [0.29, 0.717) is 15.3 Å². The van der Waals surface area contributed by atoms with Crippen molar-refractivity contribution in [2.24, 2.45) is 5.92 Å². The number of carbonyl (C=O) groups is 1. The molecule has 118 valence electrons. The highest BCUT2D eigenvalue weighted by atomic mass is 32.1. The van der Waals surface area contributed by atoms with Crippen LogP contribution in [0.4, 0.5) is 10.8 Å². The highest BCUT2D eigenvalue weighted by Gasteiger charge is 2.18. The first kappa shape index (κ1) is 16.4. The maximum absolute atomic E-state index is 12.2. The standard InChI is InChI=1S/C15H19N3O3S/c1-3-5-6-10(4-2)14(19)17-15-16-12-8-7-11(18(20)21)9-13(12)22-15/h7-10H,3-6H2,1-2H3,(H,16,17,19)/t10-/m0/s1. The van der Waals surface area contributed by atoms with Gasteiger partial charge in [-0.25, -0.2) is 4.98 Å². The molecular weight excluding hydrogens is 302 g/mol. The number of amides is 1. The molecule has 7 heteroatoms. The molecule has 0 bridgehead atoms. The van der Waals surface area contributed by atoms with E-state index in [-0.39, 0.29) is 17.5 Å². The lowest BCUT2D eigenvalue weighted by Gasteiger charge is -2.12. The maximum atomic E-state index is 12.2. The molecule has 1 heterocycles. The van der Waals surface area contributed by atoms with Crippen LogP contribution in [0.25, 0.3) is 10.2 Å². The first-order valence-corrected chi connectivity index (χ1v) is 8.22. The Bertz CT molecular complexity index is 684. The van der Waals surface area contributed by atoms with Gasteiger partial charge in [-0.1, -0.05) is 38.0 Å². The van der Waals surface area contributed by atoms with Crippen molar-refractivity contribution in [3.05, 3.63) is 28.3 Å². The summed E-state index contributed by atoms with van der Waals surface area (Å²) >= 11 is 1.26. The number of rotatable bonds is 7. The zero-order valence-corrected chi connectivity index (χ0v) is 13.5. The van der Waals surface area contributed by atoms with Crippen molar-refractivity contribution < 1.29 is 9.72 Å². The average molecular weight is 321 g/mol. The molecule has 0 aliphatic heterocycles. The summed E-state index contributed by atoms with van der Waals surface area (Å²) in [6, 6.07) is 4.51. The second kappa shape index (κ2) is 7.31. The van der Waals surface area contributed by atoms with Crippen molar-refractivity contribution in [2.45, 2.75) is 39.5 Å². The topological polar surface area (TPSA) is 85.1 Å².